The highest BCUT2D eigenvalue weighted by molar-refractivity contribution is 7.07. The summed E-state index contributed by atoms with van der Waals surface area (Å²) in [6.45, 7) is 2.90. The number of carbonyl (C=O) groups is 2. The average Bonchev–Trinajstić information content (AvgIpc) is 3.52. The third-order valence-corrected chi connectivity index (χ3v) is 6.59. The fourth-order valence-electron chi connectivity index (χ4n) is 3.68. The number of carboxylic acids is 2. The Balaban J connectivity index is 1.97. The SMILES string of the molecule is C#C[C@@](O)([C@@H](COC(Cc1ccsc1)(C(=O)O)C(=O)O)OC)[C@@H](O)n1cnc2c(NC(C)C)nc(Cl)nc21. The molecule has 0 radical (unpaired) electrons. The lowest BCUT2D eigenvalue weighted by molar-refractivity contribution is -0.202. The van der Waals surface area contributed by atoms with Crippen LogP contribution in [0.25, 0.3) is 11.2 Å². The molecular weight excluding hydrogens is 542 g/mol. The van der Waals surface area contributed by atoms with E-state index in [9.17, 15) is 30.0 Å². The van der Waals surface area contributed by atoms with Crippen LogP contribution in [0.3, 0.4) is 0 Å². The summed E-state index contributed by atoms with van der Waals surface area (Å²) in [5.41, 5.74) is -4.64. The second-order valence-electron chi connectivity index (χ2n) is 8.59. The fraction of sp³-hybridized carbons (Fsp3) is 0.435. The largest absolute Gasteiger partial charge is 0.479 e. The number of ether oxygens (including phenoxy) is 2. The van der Waals surface area contributed by atoms with Crippen molar-refractivity contribution < 1.29 is 39.5 Å². The van der Waals surface area contributed by atoms with Crippen LogP contribution in [0.15, 0.2) is 23.2 Å². The van der Waals surface area contributed by atoms with Gasteiger partial charge in [0.25, 0.3) is 5.60 Å². The van der Waals surface area contributed by atoms with Crippen molar-refractivity contribution >= 4 is 51.9 Å². The van der Waals surface area contributed by atoms with Crippen LogP contribution in [-0.2, 0) is 25.5 Å². The Bertz CT molecular complexity index is 1330. The second kappa shape index (κ2) is 11.6. The number of hydrogen-bond acceptors (Lipinski definition) is 11. The van der Waals surface area contributed by atoms with Gasteiger partial charge < -0.3 is 35.2 Å². The van der Waals surface area contributed by atoms with Crippen LogP contribution in [-0.4, -0.2) is 88.9 Å². The van der Waals surface area contributed by atoms with Crippen LogP contribution in [0.4, 0.5) is 5.82 Å². The summed E-state index contributed by atoms with van der Waals surface area (Å²) in [5, 5.41) is 48.3. The molecule has 3 atom stereocenters. The predicted octanol–water partition coefficient (Wildman–Crippen LogP) is 1.40. The zero-order valence-corrected chi connectivity index (χ0v) is 22.1. The smallest absolute Gasteiger partial charge is 0.348 e. The molecule has 0 bridgehead atoms. The van der Waals surface area contributed by atoms with Crippen molar-refractivity contribution in [3.63, 3.8) is 0 Å². The van der Waals surface area contributed by atoms with E-state index in [2.05, 4.69) is 26.2 Å². The highest BCUT2D eigenvalue weighted by Gasteiger charge is 2.51. The molecular formula is C23H26ClN5O8S. The maximum absolute atomic E-state index is 12.1. The van der Waals surface area contributed by atoms with Crippen molar-refractivity contribution in [2.45, 2.75) is 49.8 Å². The topological polar surface area (TPSA) is 189 Å². The molecule has 3 aromatic rings. The van der Waals surface area contributed by atoms with E-state index in [0.717, 1.165) is 18.0 Å². The van der Waals surface area contributed by atoms with Crippen LogP contribution in [0.5, 0.6) is 0 Å². The summed E-state index contributed by atoms with van der Waals surface area (Å²) in [6, 6.07) is 1.51. The van der Waals surface area contributed by atoms with Gasteiger partial charge in [0, 0.05) is 19.6 Å². The minimum Gasteiger partial charge on any atom is -0.479 e. The quantitative estimate of drug-likeness (QED) is 0.113. The molecule has 5 N–H and O–H groups in total. The number of aliphatic hydroxyl groups excluding tert-OH is 1. The Kier molecular flexibility index (Phi) is 8.93. The summed E-state index contributed by atoms with van der Waals surface area (Å²) in [7, 11) is 1.13. The molecule has 0 aliphatic carbocycles. The maximum atomic E-state index is 12.1. The van der Waals surface area contributed by atoms with E-state index in [1.54, 1.807) is 16.8 Å². The zero-order valence-electron chi connectivity index (χ0n) is 20.5. The summed E-state index contributed by atoms with van der Waals surface area (Å²) < 4.78 is 11.7. The molecule has 3 heterocycles. The lowest BCUT2D eigenvalue weighted by atomic mass is 9.93. The molecule has 204 valence electrons. The van der Waals surface area contributed by atoms with Gasteiger partial charge in [0.1, 0.15) is 6.10 Å². The number of terminal acetylenes is 1. The molecule has 3 aromatic heterocycles. The third-order valence-electron chi connectivity index (χ3n) is 5.69. The monoisotopic (exact) mass is 567 g/mol. The van der Waals surface area contributed by atoms with E-state index in [0.29, 0.717) is 5.56 Å². The first-order chi connectivity index (χ1) is 17.9. The highest BCUT2D eigenvalue weighted by Crippen LogP contribution is 2.32. The molecule has 13 nitrogen and oxygen atoms in total. The lowest BCUT2D eigenvalue weighted by Crippen LogP contribution is -2.56. The van der Waals surface area contributed by atoms with E-state index in [1.165, 1.54) is 11.3 Å². The summed E-state index contributed by atoms with van der Waals surface area (Å²) in [5.74, 6) is -1.21. The number of imidazole rings is 1. The van der Waals surface area contributed by atoms with Gasteiger partial charge in [-0.25, -0.2) is 14.6 Å². The Labute approximate surface area is 226 Å². The number of rotatable bonds is 13. The molecule has 0 amide bonds. The number of anilines is 1. The van der Waals surface area contributed by atoms with E-state index >= 15 is 0 Å². The molecule has 0 fully saturated rings. The molecule has 0 aliphatic heterocycles. The number of nitrogens with one attached hydrogen (secondary N) is 1. The van der Waals surface area contributed by atoms with Crippen LogP contribution in [0.1, 0.15) is 25.6 Å². The summed E-state index contributed by atoms with van der Waals surface area (Å²) in [4.78, 5) is 36.5. The van der Waals surface area contributed by atoms with Crippen molar-refractivity contribution in [2.24, 2.45) is 0 Å². The van der Waals surface area contributed by atoms with E-state index in [1.807, 2.05) is 13.8 Å². The summed E-state index contributed by atoms with van der Waals surface area (Å²) >= 11 is 7.30. The lowest BCUT2D eigenvalue weighted by Gasteiger charge is -2.36. The molecule has 38 heavy (non-hydrogen) atoms. The van der Waals surface area contributed by atoms with Gasteiger partial charge in [-0.3, -0.25) is 4.57 Å². The zero-order chi connectivity index (χ0) is 28.3. The van der Waals surface area contributed by atoms with Gasteiger partial charge in [0.05, 0.1) is 12.9 Å². The first-order valence-corrected chi connectivity index (χ1v) is 12.4. The second-order valence-corrected chi connectivity index (χ2v) is 9.71. The van der Waals surface area contributed by atoms with E-state index in [-0.39, 0.29) is 28.3 Å². The van der Waals surface area contributed by atoms with Crippen molar-refractivity contribution in [3.05, 3.63) is 34.0 Å². The van der Waals surface area contributed by atoms with Gasteiger partial charge in [0.15, 0.2) is 28.8 Å². The van der Waals surface area contributed by atoms with Gasteiger partial charge in [-0.15, -0.1) is 6.42 Å². The number of hydrogen-bond donors (Lipinski definition) is 5. The van der Waals surface area contributed by atoms with Crippen LogP contribution >= 0.6 is 22.9 Å². The molecule has 0 unspecified atom stereocenters. The summed E-state index contributed by atoms with van der Waals surface area (Å²) in [6.07, 6.45) is 2.66. The standard InChI is InChI=1S/C23H26ClN5O8S/c1-5-22(35,18(30)29-11-25-15-16(26-12(2)3)27-21(24)28-17(15)29)14(36-4)9-37-23(19(31)32,20(33)34)8-13-6-7-38-10-13/h1,6-7,10-12,14,18,30,35H,8-9H2,2-4H3,(H,31,32)(H,33,34)(H,26,27,28)/t14-,18-,22-/m1/s1. The van der Waals surface area contributed by atoms with Gasteiger partial charge in [-0.1, -0.05) is 5.92 Å². The van der Waals surface area contributed by atoms with Crippen LogP contribution < -0.4 is 5.32 Å². The molecule has 3 rings (SSSR count). The van der Waals surface area contributed by atoms with Crippen LogP contribution in [0, 0.1) is 12.3 Å². The number of thiophene rings is 1. The minimum absolute atomic E-state index is 0.0213. The number of halogens is 1. The van der Waals surface area contributed by atoms with Crippen molar-refractivity contribution in [2.75, 3.05) is 19.0 Å². The molecule has 15 heteroatoms. The molecule has 0 aromatic carbocycles. The van der Waals surface area contributed by atoms with Crippen LogP contribution in [0.2, 0.25) is 5.28 Å². The Morgan fingerprint density at radius 2 is 2.00 bits per heavy atom. The van der Waals surface area contributed by atoms with Gasteiger partial charge >= 0.3 is 11.9 Å². The molecule has 0 spiro atoms. The number of nitrogens with zero attached hydrogens (tertiary/aromatic N) is 4. The molecule has 0 aliphatic rings. The average molecular weight is 568 g/mol. The number of methoxy groups -OCH3 is 1. The Morgan fingerprint density at radius 1 is 1.32 bits per heavy atom. The fourth-order valence-corrected chi connectivity index (χ4v) is 4.51. The Hall–Kier alpha value is -3.32. The van der Waals surface area contributed by atoms with E-state index in [4.69, 9.17) is 27.5 Å². The third kappa shape index (κ3) is 5.58. The van der Waals surface area contributed by atoms with Crippen molar-refractivity contribution in [1.29, 1.82) is 0 Å². The molecule has 0 saturated heterocycles. The number of aromatic nitrogens is 4. The predicted molar refractivity (Wildman–Crippen MR) is 137 cm³/mol. The number of aliphatic hydroxyl groups is 2. The minimum atomic E-state index is -2.72. The first kappa shape index (κ1) is 29.2. The van der Waals surface area contributed by atoms with Gasteiger partial charge in [-0.2, -0.15) is 21.3 Å². The number of fused-ring (bicyclic) bond motifs is 1. The van der Waals surface area contributed by atoms with Gasteiger partial charge in [0.2, 0.25) is 5.28 Å². The van der Waals surface area contributed by atoms with Crippen molar-refractivity contribution in [1.82, 2.24) is 19.5 Å². The van der Waals surface area contributed by atoms with E-state index < -0.39 is 48.5 Å². The normalized spacial score (nSPS) is 15.1. The van der Waals surface area contributed by atoms with Gasteiger partial charge in [-0.05, 0) is 47.8 Å². The van der Waals surface area contributed by atoms with Crippen molar-refractivity contribution in [3.8, 4) is 12.3 Å². The number of carboxylic acid groups (broad SMARTS) is 2. The molecule has 0 saturated carbocycles. The highest BCUT2D eigenvalue weighted by atomic mass is 35.5. The maximum Gasteiger partial charge on any atom is 0.348 e. The number of aliphatic carboxylic acids is 2. The first-order valence-electron chi connectivity index (χ1n) is 11.1. The Morgan fingerprint density at radius 3 is 2.53 bits per heavy atom.